The van der Waals surface area contributed by atoms with Crippen LogP contribution in [-0.2, 0) is 9.59 Å². The molecule has 2 rings (SSSR count). The molecule has 0 saturated heterocycles. The Morgan fingerprint density at radius 3 is 2.63 bits per heavy atom. The standard InChI is InChI=1S/C20H23BrN2O3S/c1-23(11-6-12-26-18-9-3-2-4-10-18)20(25)15-27-14-19(24)22-17-8-5-7-16(21)13-17/h2-5,7-10,13H,6,11-12,14-15H2,1H3,(H,22,24). The number of thioether (sulfide) groups is 1. The monoisotopic (exact) mass is 450 g/mol. The lowest BCUT2D eigenvalue weighted by atomic mass is 10.3. The van der Waals surface area contributed by atoms with Gasteiger partial charge in [-0.2, -0.15) is 0 Å². The highest BCUT2D eigenvalue weighted by atomic mass is 79.9. The van der Waals surface area contributed by atoms with Crippen molar-refractivity contribution >= 4 is 45.2 Å². The normalized spacial score (nSPS) is 10.3. The summed E-state index contributed by atoms with van der Waals surface area (Å²) in [6.07, 6.45) is 0.755. The van der Waals surface area contributed by atoms with E-state index in [4.69, 9.17) is 4.74 Å². The highest BCUT2D eigenvalue weighted by Gasteiger charge is 2.10. The smallest absolute Gasteiger partial charge is 0.234 e. The van der Waals surface area contributed by atoms with E-state index in [0.717, 1.165) is 22.3 Å². The van der Waals surface area contributed by atoms with Crippen molar-refractivity contribution in [1.82, 2.24) is 4.90 Å². The number of amides is 2. The highest BCUT2D eigenvalue weighted by molar-refractivity contribution is 9.10. The highest BCUT2D eigenvalue weighted by Crippen LogP contribution is 2.16. The molecular formula is C20H23BrN2O3S. The van der Waals surface area contributed by atoms with Crippen LogP contribution in [-0.4, -0.2) is 48.4 Å². The molecular weight excluding hydrogens is 428 g/mol. The van der Waals surface area contributed by atoms with E-state index in [-0.39, 0.29) is 23.3 Å². The van der Waals surface area contributed by atoms with Crippen LogP contribution in [0.4, 0.5) is 5.69 Å². The van der Waals surface area contributed by atoms with Gasteiger partial charge in [-0.1, -0.05) is 40.2 Å². The van der Waals surface area contributed by atoms with Crippen molar-refractivity contribution in [2.45, 2.75) is 6.42 Å². The Morgan fingerprint density at radius 1 is 1.11 bits per heavy atom. The van der Waals surface area contributed by atoms with Crippen molar-refractivity contribution in [3.63, 3.8) is 0 Å². The number of benzene rings is 2. The summed E-state index contributed by atoms with van der Waals surface area (Å²) < 4.78 is 6.52. The summed E-state index contributed by atoms with van der Waals surface area (Å²) in [5.74, 6) is 1.24. The maximum atomic E-state index is 12.1. The third kappa shape index (κ3) is 8.49. The van der Waals surface area contributed by atoms with Crippen LogP contribution in [0.15, 0.2) is 59.1 Å². The molecule has 0 aromatic heterocycles. The quantitative estimate of drug-likeness (QED) is 0.554. The van der Waals surface area contributed by atoms with Gasteiger partial charge in [-0.25, -0.2) is 0 Å². The van der Waals surface area contributed by atoms with E-state index in [9.17, 15) is 9.59 Å². The lowest BCUT2D eigenvalue weighted by Crippen LogP contribution is -2.30. The minimum atomic E-state index is -0.121. The minimum absolute atomic E-state index is 0.00923. The zero-order chi connectivity index (χ0) is 19.5. The molecule has 0 fully saturated rings. The molecule has 0 spiro atoms. The Hall–Kier alpha value is -1.99. The fourth-order valence-corrected chi connectivity index (χ4v) is 3.39. The molecule has 1 N–H and O–H groups in total. The van der Waals surface area contributed by atoms with E-state index >= 15 is 0 Å². The lowest BCUT2D eigenvalue weighted by molar-refractivity contribution is -0.127. The van der Waals surface area contributed by atoms with Gasteiger partial charge in [0.15, 0.2) is 0 Å². The van der Waals surface area contributed by atoms with E-state index in [0.29, 0.717) is 13.2 Å². The second-order valence-corrected chi connectivity index (χ2v) is 7.78. The summed E-state index contributed by atoms with van der Waals surface area (Å²) in [6.45, 7) is 1.18. The van der Waals surface area contributed by atoms with Gasteiger partial charge in [-0.05, 0) is 36.8 Å². The first-order valence-corrected chi connectivity index (χ1v) is 10.5. The number of nitrogens with one attached hydrogen (secondary N) is 1. The molecule has 0 unspecified atom stereocenters. The Balaban J connectivity index is 1.58. The molecule has 2 amide bonds. The van der Waals surface area contributed by atoms with Gasteiger partial charge in [0.1, 0.15) is 5.75 Å². The fourth-order valence-electron chi connectivity index (χ4n) is 2.24. The molecule has 2 aromatic rings. The molecule has 0 radical (unpaired) electrons. The third-order valence-corrected chi connectivity index (χ3v) is 5.05. The fraction of sp³-hybridized carbons (Fsp3) is 0.300. The van der Waals surface area contributed by atoms with Gasteiger partial charge in [-0.3, -0.25) is 9.59 Å². The van der Waals surface area contributed by atoms with Gasteiger partial charge >= 0.3 is 0 Å². The Bertz CT molecular complexity index is 743. The largest absolute Gasteiger partial charge is 0.494 e. The molecule has 0 saturated carbocycles. The number of carbonyl (C=O) groups is 2. The molecule has 27 heavy (non-hydrogen) atoms. The maximum absolute atomic E-state index is 12.1. The molecule has 7 heteroatoms. The molecule has 0 aliphatic rings. The molecule has 0 bridgehead atoms. The summed E-state index contributed by atoms with van der Waals surface area (Å²) in [6, 6.07) is 17.0. The summed E-state index contributed by atoms with van der Waals surface area (Å²) in [7, 11) is 1.77. The summed E-state index contributed by atoms with van der Waals surface area (Å²) in [4.78, 5) is 25.7. The first kappa shape index (κ1) is 21.3. The zero-order valence-corrected chi connectivity index (χ0v) is 17.6. The lowest BCUT2D eigenvalue weighted by Gasteiger charge is -2.17. The Kier molecular flexibility index (Phi) is 9.21. The predicted octanol–water partition coefficient (Wildman–Crippen LogP) is 4.05. The average molecular weight is 451 g/mol. The second-order valence-electron chi connectivity index (χ2n) is 5.88. The summed E-state index contributed by atoms with van der Waals surface area (Å²) in [5.41, 5.74) is 0.733. The van der Waals surface area contributed by atoms with Crippen LogP contribution >= 0.6 is 27.7 Å². The van der Waals surface area contributed by atoms with Crippen LogP contribution in [0.2, 0.25) is 0 Å². The van der Waals surface area contributed by atoms with E-state index in [1.54, 1.807) is 11.9 Å². The minimum Gasteiger partial charge on any atom is -0.494 e. The number of nitrogens with zero attached hydrogens (tertiary/aromatic N) is 1. The number of hydrogen-bond donors (Lipinski definition) is 1. The van der Waals surface area contributed by atoms with E-state index in [1.807, 2.05) is 54.6 Å². The third-order valence-electron chi connectivity index (χ3n) is 3.64. The van der Waals surface area contributed by atoms with E-state index < -0.39 is 0 Å². The second kappa shape index (κ2) is 11.7. The topological polar surface area (TPSA) is 58.6 Å². The Morgan fingerprint density at radius 2 is 1.89 bits per heavy atom. The first-order chi connectivity index (χ1) is 13.0. The van der Waals surface area contributed by atoms with Crippen molar-refractivity contribution in [3.05, 3.63) is 59.1 Å². The average Bonchev–Trinajstić information content (AvgIpc) is 2.65. The van der Waals surface area contributed by atoms with Crippen LogP contribution in [0.5, 0.6) is 5.75 Å². The van der Waals surface area contributed by atoms with Crippen molar-refractivity contribution in [2.24, 2.45) is 0 Å². The van der Waals surface area contributed by atoms with Crippen LogP contribution in [0, 0.1) is 0 Å². The maximum Gasteiger partial charge on any atom is 0.234 e. The van der Waals surface area contributed by atoms with Crippen molar-refractivity contribution in [1.29, 1.82) is 0 Å². The van der Waals surface area contributed by atoms with Crippen molar-refractivity contribution in [2.75, 3.05) is 37.0 Å². The molecule has 144 valence electrons. The number of carbonyl (C=O) groups excluding carboxylic acids is 2. The van der Waals surface area contributed by atoms with Crippen molar-refractivity contribution in [3.8, 4) is 5.75 Å². The predicted molar refractivity (Wildman–Crippen MR) is 114 cm³/mol. The van der Waals surface area contributed by atoms with Crippen molar-refractivity contribution < 1.29 is 14.3 Å². The molecule has 5 nitrogen and oxygen atoms in total. The van der Waals surface area contributed by atoms with Crippen LogP contribution in [0.25, 0.3) is 0 Å². The van der Waals surface area contributed by atoms with E-state index in [1.165, 1.54) is 11.8 Å². The van der Waals surface area contributed by atoms with Crippen LogP contribution < -0.4 is 10.1 Å². The van der Waals surface area contributed by atoms with Gasteiger partial charge in [-0.15, -0.1) is 11.8 Å². The van der Waals surface area contributed by atoms with Gasteiger partial charge in [0.25, 0.3) is 0 Å². The SMILES string of the molecule is CN(CCCOc1ccccc1)C(=O)CSCC(=O)Nc1cccc(Br)c1. The molecule has 0 atom stereocenters. The van der Waals surface area contributed by atoms with Crippen LogP contribution in [0.1, 0.15) is 6.42 Å². The number of anilines is 1. The zero-order valence-electron chi connectivity index (χ0n) is 15.2. The summed E-state index contributed by atoms with van der Waals surface area (Å²) >= 11 is 4.67. The van der Waals surface area contributed by atoms with Gasteiger partial charge in [0, 0.05) is 23.8 Å². The summed E-state index contributed by atoms with van der Waals surface area (Å²) in [5, 5.41) is 2.81. The number of halogens is 1. The van der Waals surface area contributed by atoms with Gasteiger partial charge < -0.3 is 15.0 Å². The number of ether oxygens (including phenoxy) is 1. The number of para-hydroxylation sites is 1. The molecule has 2 aromatic carbocycles. The van der Waals surface area contributed by atoms with Crippen LogP contribution in [0.3, 0.4) is 0 Å². The van der Waals surface area contributed by atoms with E-state index in [2.05, 4.69) is 21.2 Å². The molecule has 0 heterocycles. The Labute approximate surface area is 172 Å². The number of rotatable bonds is 10. The number of hydrogen-bond acceptors (Lipinski definition) is 4. The molecule has 0 aliphatic carbocycles. The first-order valence-electron chi connectivity index (χ1n) is 8.59. The molecule has 0 aliphatic heterocycles. The van der Waals surface area contributed by atoms with Gasteiger partial charge in [0.05, 0.1) is 18.1 Å². The van der Waals surface area contributed by atoms with Gasteiger partial charge in [0.2, 0.25) is 11.8 Å².